The van der Waals surface area contributed by atoms with E-state index in [2.05, 4.69) is 204 Å². The van der Waals surface area contributed by atoms with Crippen LogP contribution in [0.2, 0.25) is 0 Å². The highest BCUT2D eigenvalue weighted by molar-refractivity contribution is 6.22. The van der Waals surface area contributed by atoms with Crippen LogP contribution in [0.25, 0.3) is 82.5 Å². The van der Waals surface area contributed by atoms with Crippen molar-refractivity contribution in [3.05, 3.63) is 206 Å². The molecule has 0 atom stereocenters. The fraction of sp³-hybridized carbons (Fsp3) is 0.0189. The van der Waals surface area contributed by atoms with Gasteiger partial charge in [0.2, 0.25) is 0 Å². The van der Waals surface area contributed by atoms with Crippen molar-refractivity contribution in [2.24, 2.45) is 0 Å². The topological polar surface area (TPSA) is 21.3 Å². The quantitative estimate of drug-likeness (QED) is 0.171. The van der Waals surface area contributed by atoms with E-state index in [9.17, 15) is 0 Å². The van der Waals surface area contributed by atoms with Crippen molar-refractivity contribution < 1.29 is 4.42 Å². The van der Waals surface area contributed by atoms with Gasteiger partial charge < -0.3 is 13.9 Å². The molecule has 0 aliphatic heterocycles. The van der Waals surface area contributed by atoms with Crippen molar-refractivity contribution in [3.63, 3.8) is 0 Å². The van der Waals surface area contributed by atoms with Gasteiger partial charge in [0.25, 0.3) is 0 Å². The number of aromatic nitrogens is 1. The number of fused-ring (bicyclic) bond motifs is 8. The molecular weight excluding hydrogens is 681 g/mol. The highest BCUT2D eigenvalue weighted by Crippen LogP contribution is 2.42. The van der Waals surface area contributed by atoms with E-state index < -0.39 is 0 Å². The van der Waals surface area contributed by atoms with E-state index in [4.69, 9.17) is 4.42 Å². The van der Waals surface area contributed by atoms with E-state index in [0.717, 1.165) is 55.8 Å². The van der Waals surface area contributed by atoms with Crippen LogP contribution in [0.3, 0.4) is 0 Å². The number of benzene rings is 9. The van der Waals surface area contributed by atoms with Gasteiger partial charge in [-0.05, 0) is 113 Å². The van der Waals surface area contributed by atoms with E-state index in [1.165, 1.54) is 49.3 Å². The van der Waals surface area contributed by atoms with Crippen LogP contribution in [0.4, 0.5) is 17.1 Å². The fourth-order valence-corrected chi connectivity index (χ4v) is 8.61. The first-order valence-electron chi connectivity index (χ1n) is 19.2. The summed E-state index contributed by atoms with van der Waals surface area (Å²) in [5.41, 5.74) is 14.5. The maximum atomic E-state index is 6.39. The highest BCUT2D eigenvalue weighted by atomic mass is 16.3. The lowest BCUT2D eigenvalue weighted by atomic mass is 9.99. The number of anilines is 3. The molecular formula is C53H36N2O. The zero-order valence-corrected chi connectivity index (χ0v) is 30.9. The molecule has 0 N–H and O–H groups in total. The first-order chi connectivity index (χ1) is 27.7. The summed E-state index contributed by atoms with van der Waals surface area (Å²) < 4.78 is 8.78. The van der Waals surface area contributed by atoms with Crippen LogP contribution in [-0.2, 0) is 0 Å². The Hall–Kier alpha value is -7.36. The Balaban J connectivity index is 1.000. The summed E-state index contributed by atoms with van der Waals surface area (Å²) in [5, 5.41) is 7.33. The predicted octanol–water partition coefficient (Wildman–Crippen LogP) is 14.9. The second-order valence-corrected chi connectivity index (χ2v) is 14.6. The summed E-state index contributed by atoms with van der Waals surface area (Å²) in [7, 11) is 0. The van der Waals surface area contributed by atoms with E-state index in [1.807, 2.05) is 12.1 Å². The summed E-state index contributed by atoms with van der Waals surface area (Å²) in [6.45, 7) is 2.15. The maximum Gasteiger partial charge on any atom is 0.143 e. The Bertz CT molecular complexity index is 3240. The van der Waals surface area contributed by atoms with Gasteiger partial charge in [0, 0.05) is 49.9 Å². The third-order valence-corrected chi connectivity index (χ3v) is 11.2. The number of rotatable bonds is 6. The summed E-state index contributed by atoms with van der Waals surface area (Å²) >= 11 is 0. The molecule has 0 bridgehead atoms. The van der Waals surface area contributed by atoms with Gasteiger partial charge in [-0.3, -0.25) is 0 Å². The second-order valence-electron chi connectivity index (χ2n) is 14.6. The van der Waals surface area contributed by atoms with Crippen LogP contribution < -0.4 is 4.90 Å². The van der Waals surface area contributed by atoms with Crippen molar-refractivity contribution >= 4 is 71.6 Å². The molecule has 0 fully saturated rings. The molecule has 2 heterocycles. The average molecular weight is 717 g/mol. The van der Waals surface area contributed by atoms with Gasteiger partial charge in [-0.15, -0.1) is 0 Å². The second kappa shape index (κ2) is 12.9. The summed E-state index contributed by atoms with van der Waals surface area (Å²) in [4.78, 5) is 2.34. The minimum Gasteiger partial charge on any atom is -0.455 e. The lowest BCUT2D eigenvalue weighted by Gasteiger charge is -2.26. The molecule has 11 rings (SSSR count). The highest BCUT2D eigenvalue weighted by Gasteiger charge is 2.18. The van der Waals surface area contributed by atoms with E-state index >= 15 is 0 Å². The Morgan fingerprint density at radius 3 is 1.89 bits per heavy atom. The zero-order valence-electron chi connectivity index (χ0n) is 30.9. The van der Waals surface area contributed by atoms with Gasteiger partial charge in [0.15, 0.2) is 0 Å². The average Bonchev–Trinajstić information content (AvgIpc) is 3.81. The number of hydrogen-bond donors (Lipinski definition) is 0. The maximum absolute atomic E-state index is 6.39. The molecule has 0 radical (unpaired) electrons. The van der Waals surface area contributed by atoms with Crippen LogP contribution in [-0.4, -0.2) is 4.57 Å². The van der Waals surface area contributed by atoms with Gasteiger partial charge in [-0.2, -0.15) is 0 Å². The summed E-state index contributed by atoms with van der Waals surface area (Å²) in [6, 6.07) is 72.1. The molecule has 9 aromatic carbocycles. The van der Waals surface area contributed by atoms with E-state index in [0.29, 0.717) is 0 Å². The van der Waals surface area contributed by atoms with Gasteiger partial charge in [0.1, 0.15) is 11.2 Å². The molecule has 0 amide bonds. The Morgan fingerprint density at radius 1 is 0.429 bits per heavy atom. The molecule has 264 valence electrons. The number of aryl methyl sites for hydroxylation is 1. The monoisotopic (exact) mass is 716 g/mol. The van der Waals surface area contributed by atoms with Gasteiger partial charge >= 0.3 is 0 Å². The third kappa shape index (κ3) is 5.20. The molecule has 0 aliphatic rings. The van der Waals surface area contributed by atoms with Crippen LogP contribution in [0.15, 0.2) is 205 Å². The molecule has 2 aromatic heterocycles. The molecule has 0 aliphatic carbocycles. The molecule has 56 heavy (non-hydrogen) atoms. The molecule has 0 saturated carbocycles. The number of nitrogens with zero attached hydrogens (tertiary/aromatic N) is 2. The molecule has 3 nitrogen and oxygen atoms in total. The van der Waals surface area contributed by atoms with Crippen molar-refractivity contribution in [2.75, 3.05) is 4.90 Å². The minimum atomic E-state index is 0.910. The normalized spacial score (nSPS) is 11.7. The van der Waals surface area contributed by atoms with Crippen LogP contribution in [0.5, 0.6) is 0 Å². The van der Waals surface area contributed by atoms with Crippen molar-refractivity contribution in [1.82, 2.24) is 4.57 Å². The molecule has 0 spiro atoms. The SMILES string of the molecule is Cc1cccc(N(c2ccc(-c3ccc4c(c3)c3c5ccccc5ccc3n4-c3ccccc3)cc2)c2ccc(-c3cccc4c3oc3ccccc34)cc2)c1. The van der Waals surface area contributed by atoms with Crippen LogP contribution in [0.1, 0.15) is 5.56 Å². The number of para-hydroxylation sites is 3. The minimum absolute atomic E-state index is 0.910. The Labute approximate surface area is 324 Å². The van der Waals surface area contributed by atoms with Gasteiger partial charge in [0.05, 0.1) is 11.0 Å². The summed E-state index contributed by atoms with van der Waals surface area (Å²) in [6.07, 6.45) is 0. The first kappa shape index (κ1) is 32.1. The van der Waals surface area contributed by atoms with Crippen LogP contribution in [0, 0.1) is 6.92 Å². The first-order valence-corrected chi connectivity index (χ1v) is 19.2. The van der Waals surface area contributed by atoms with E-state index in [1.54, 1.807) is 0 Å². The summed E-state index contributed by atoms with van der Waals surface area (Å²) in [5.74, 6) is 0. The molecule has 11 aromatic rings. The molecule has 0 unspecified atom stereocenters. The lowest BCUT2D eigenvalue weighted by Crippen LogP contribution is -2.10. The lowest BCUT2D eigenvalue weighted by molar-refractivity contribution is 0.670. The Morgan fingerprint density at radius 2 is 1.09 bits per heavy atom. The Kier molecular flexibility index (Phi) is 7.39. The standard InChI is InChI=1S/C53H36N2O/c1-35-11-9-15-43(33-35)54(42-29-23-38(24-30-42)45-18-10-19-47-46-17-7-8-20-51(46)56-53(45)47)41-27-21-36(22-28-41)39-26-31-49-48(34-39)52-44-16-6-5-12-37(44)25-32-50(52)55(49)40-13-3-2-4-14-40/h2-34H,1H3. The van der Waals surface area contributed by atoms with Gasteiger partial charge in [-0.1, -0.05) is 127 Å². The van der Waals surface area contributed by atoms with Crippen molar-refractivity contribution in [3.8, 4) is 27.9 Å². The molecule has 3 heteroatoms. The fourth-order valence-electron chi connectivity index (χ4n) is 8.61. The van der Waals surface area contributed by atoms with Crippen molar-refractivity contribution in [1.29, 1.82) is 0 Å². The largest absolute Gasteiger partial charge is 0.455 e. The van der Waals surface area contributed by atoms with Crippen molar-refractivity contribution in [2.45, 2.75) is 6.92 Å². The smallest absolute Gasteiger partial charge is 0.143 e. The zero-order chi connectivity index (χ0) is 37.2. The predicted molar refractivity (Wildman–Crippen MR) is 236 cm³/mol. The van der Waals surface area contributed by atoms with Gasteiger partial charge in [-0.25, -0.2) is 0 Å². The number of furan rings is 1. The van der Waals surface area contributed by atoms with E-state index in [-0.39, 0.29) is 0 Å². The third-order valence-electron chi connectivity index (χ3n) is 11.2. The number of hydrogen-bond acceptors (Lipinski definition) is 2. The van der Waals surface area contributed by atoms with Crippen LogP contribution >= 0.6 is 0 Å². The molecule has 0 saturated heterocycles.